The predicted molar refractivity (Wildman–Crippen MR) is 105 cm³/mol. The summed E-state index contributed by atoms with van der Waals surface area (Å²) in [4.78, 5) is 27.4. The minimum Gasteiger partial charge on any atom is -0.496 e. The standard InChI is InChI=1S/C21H19F3N2O4/c1-29-16-6-7-17(30-2)18-15(16)11-13(20(28)26-18)8-9-25-19(27)12-4-3-5-14(10-12)21(22,23)24/h3-7,10-11H,8-9H2,1-2H3,(H,25,27)(H,26,28). The van der Waals surface area contributed by atoms with Crippen molar-refractivity contribution in [1.29, 1.82) is 0 Å². The number of carbonyl (C=O) groups excluding carboxylic acids is 1. The molecule has 6 nitrogen and oxygen atoms in total. The molecule has 0 unspecified atom stereocenters. The van der Waals surface area contributed by atoms with Crippen LogP contribution in [0.5, 0.6) is 11.5 Å². The molecule has 2 N–H and O–H groups in total. The number of hydrogen-bond donors (Lipinski definition) is 2. The lowest BCUT2D eigenvalue weighted by Crippen LogP contribution is -2.27. The van der Waals surface area contributed by atoms with Gasteiger partial charge in [-0.15, -0.1) is 0 Å². The molecule has 1 heterocycles. The number of pyridine rings is 1. The molecule has 0 aliphatic rings. The van der Waals surface area contributed by atoms with Crippen LogP contribution in [0.2, 0.25) is 0 Å². The van der Waals surface area contributed by atoms with Crippen molar-refractivity contribution in [3.8, 4) is 11.5 Å². The SMILES string of the molecule is COc1ccc(OC)c2[nH]c(=O)c(CCNC(=O)c3cccc(C(F)(F)F)c3)cc12. The molecule has 1 aromatic heterocycles. The van der Waals surface area contributed by atoms with Gasteiger partial charge in [0.2, 0.25) is 0 Å². The highest BCUT2D eigenvalue weighted by atomic mass is 19.4. The molecule has 3 rings (SSSR count). The van der Waals surface area contributed by atoms with Crippen LogP contribution in [-0.4, -0.2) is 31.7 Å². The van der Waals surface area contributed by atoms with Crippen LogP contribution in [-0.2, 0) is 12.6 Å². The fraction of sp³-hybridized carbons (Fsp3) is 0.238. The van der Waals surface area contributed by atoms with Crippen LogP contribution in [0.4, 0.5) is 13.2 Å². The Labute approximate surface area is 169 Å². The van der Waals surface area contributed by atoms with Crippen LogP contribution in [0.3, 0.4) is 0 Å². The number of fused-ring (bicyclic) bond motifs is 1. The van der Waals surface area contributed by atoms with Crippen molar-refractivity contribution in [2.45, 2.75) is 12.6 Å². The monoisotopic (exact) mass is 420 g/mol. The van der Waals surface area contributed by atoms with Crippen LogP contribution in [0.1, 0.15) is 21.5 Å². The number of alkyl halides is 3. The fourth-order valence-electron chi connectivity index (χ4n) is 3.07. The van der Waals surface area contributed by atoms with E-state index < -0.39 is 17.6 Å². The summed E-state index contributed by atoms with van der Waals surface area (Å²) in [6.45, 7) is 0.0654. The molecule has 0 radical (unpaired) electrons. The minimum absolute atomic E-state index is 0.0654. The van der Waals surface area contributed by atoms with Crippen molar-refractivity contribution in [2.24, 2.45) is 0 Å². The summed E-state index contributed by atoms with van der Waals surface area (Å²) in [5, 5.41) is 3.17. The van der Waals surface area contributed by atoms with Crippen molar-refractivity contribution >= 4 is 16.8 Å². The van der Waals surface area contributed by atoms with Crippen molar-refractivity contribution in [1.82, 2.24) is 10.3 Å². The number of halogens is 3. The van der Waals surface area contributed by atoms with E-state index in [4.69, 9.17) is 9.47 Å². The third-order valence-corrected chi connectivity index (χ3v) is 4.59. The number of methoxy groups -OCH3 is 2. The maximum atomic E-state index is 12.8. The first-order valence-electron chi connectivity index (χ1n) is 8.97. The number of H-pyrrole nitrogens is 1. The maximum Gasteiger partial charge on any atom is 0.416 e. The number of aromatic amines is 1. The number of carbonyl (C=O) groups is 1. The molecular weight excluding hydrogens is 401 g/mol. The van der Waals surface area contributed by atoms with Crippen LogP contribution in [0, 0.1) is 0 Å². The van der Waals surface area contributed by atoms with Gasteiger partial charge in [0, 0.05) is 23.1 Å². The third-order valence-electron chi connectivity index (χ3n) is 4.59. The second kappa shape index (κ2) is 8.48. The largest absolute Gasteiger partial charge is 0.496 e. The molecule has 0 fully saturated rings. The fourth-order valence-corrected chi connectivity index (χ4v) is 3.07. The molecule has 2 aromatic carbocycles. The number of aromatic nitrogens is 1. The average Bonchev–Trinajstić information content (AvgIpc) is 2.72. The maximum absolute atomic E-state index is 12.8. The Hall–Kier alpha value is -3.49. The number of nitrogens with one attached hydrogen (secondary N) is 2. The number of hydrogen-bond acceptors (Lipinski definition) is 4. The molecule has 158 valence electrons. The summed E-state index contributed by atoms with van der Waals surface area (Å²) in [6, 6.07) is 9.18. The van der Waals surface area contributed by atoms with Gasteiger partial charge in [-0.2, -0.15) is 13.2 Å². The minimum atomic E-state index is -4.53. The van der Waals surface area contributed by atoms with Gasteiger partial charge in [0.25, 0.3) is 11.5 Å². The average molecular weight is 420 g/mol. The third kappa shape index (κ3) is 4.40. The summed E-state index contributed by atoms with van der Waals surface area (Å²) in [5.41, 5.74) is -0.495. The lowest BCUT2D eigenvalue weighted by molar-refractivity contribution is -0.137. The topological polar surface area (TPSA) is 80.4 Å². The van der Waals surface area contributed by atoms with E-state index in [-0.39, 0.29) is 24.1 Å². The van der Waals surface area contributed by atoms with Gasteiger partial charge >= 0.3 is 6.18 Å². The van der Waals surface area contributed by atoms with Gasteiger partial charge in [-0.25, -0.2) is 0 Å². The van der Waals surface area contributed by atoms with E-state index in [2.05, 4.69) is 10.3 Å². The van der Waals surface area contributed by atoms with E-state index in [0.29, 0.717) is 28.0 Å². The van der Waals surface area contributed by atoms with Gasteiger partial charge in [-0.1, -0.05) is 6.07 Å². The van der Waals surface area contributed by atoms with Gasteiger partial charge < -0.3 is 19.8 Å². The molecule has 0 bridgehead atoms. The first kappa shape index (κ1) is 21.2. The summed E-state index contributed by atoms with van der Waals surface area (Å²) < 4.78 is 49.0. The van der Waals surface area contributed by atoms with Crippen LogP contribution < -0.4 is 20.3 Å². The van der Waals surface area contributed by atoms with E-state index in [1.165, 1.54) is 26.4 Å². The Morgan fingerprint density at radius 1 is 1.07 bits per heavy atom. The van der Waals surface area contributed by atoms with Gasteiger partial charge in [-0.05, 0) is 42.8 Å². The molecule has 1 amide bonds. The molecular formula is C21H19F3N2O4. The Morgan fingerprint density at radius 2 is 1.77 bits per heavy atom. The lowest BCUT2D eigenvalue weighted by atomic mass is 10.1. The molecule has 9 heteroatoms. The summed E-state index contributed by atoms with van der Waals surface area (Å²) in [6.07, 6.45) is -4.36. The van der Waals surface area contributed by atoms with Gasteiger partial charge in [0.05, 0.1) is 25.3 Å². The quantitative estimate of drug-likeness (QED) is 0.639. The summed E-state index contributed by atoms with van der Waals surface area (Å²) in [5.74, 6) is 0.362. The van der Waals surface area contributed by atoms with E-state index >= 15 is 0 Å². The highest BCUT2D eigenvalue weighted by Gasteiger charge is 2.30. The zero-order chi connectivity index (χ0) is 21.9. The zero-order valence-corrected chi connectivity index (χ0v) is 16.2. The van der Waals surface area contributed by atoms with Crippen molar-refractivity contribution in [3.63, 3.8) is 0 Å². The van der Waals surface area contributed by atoms with E-state index in [1.807, 2.05) is 0 Å². The van der Waals surface area contributed by atoms with E-state index in [1.54, 1.807) is 18.2 Å². The van der Waals surface area contributed by atoms with Gasteiger partial charge in [0.15, 0.2) is 0 Å². The van der Waals surface area contributed by atoms with E-state index in [9.17, 15) is 22.8 Å². The number of amides is 1. The van der Waals surface area contributed by atoms with Crippen molar-refractivity contribution in [3.05, 3.63) is 69.5 Å². The first-order chi connectivity index (χ1) is 14.2. The lowest BCUT2D eigenvalue weighted by Gasteiger charge is -2.11. The Kier molecular flexibility index (Phi) is 6.00. The Balaban J connectivity index is 1.77. The molecule has 0 saturated heterocycles. The molecule has 30 heavy (non-hydrogen) atoms. The number of rotatable bonds is 6. The Bertz CT molecular complexity index is 1140. The predicted octanol–water partition coefficient (Wildman–Crippen LogP) is 3.54. The zero-order valence-electron chi connectivity index (χ0n) is 16.2. The van der Waals surface area contributed by atoms with Crippen molar-refractivity contribution < 1.29 is 27.4 Å². The normalized spacial score (nSPS) is 11.4. The number of ether oxygens (including phenoxy) is 2. The molecule has 3 aromatic rings. The van der Waals surface area contributed by atoms with Crippen LogP contribution in [0.15, 0.2) is 47.3 Å². The highest BCUT2D eigenvalue weighted by molar-refractivity contribution is 5.94. The first-order valence-corrected chi connectivity index (χ1v) is 8.97. The smallest absolute Gasteiger partial charge is 0.416 e. The molecule has 0 aliphatic heterocycles. The Morgan fingerprint density at radius 3 is 2.43 bits per heavy atom. The van der Waals surface area contributed by atoms with Gasteiger partial charge in [-0.3, -0.25) is 9.59 Å². The molecule has 0 aliphatic carbocycles. The van der Waals surface area contributed by atoms with E-state index in [0.717, 1.165) is 12.1 Å². The highest BCUT2D eigenvalue weighted by Crippen LogP contribution is 2.31. The molecule has 0 atom stereocenters. The molecule has 0 spiro atoms. The second-order valence-electron chi connectivity index (χ2n) is 6.47. The van der Waals surface area contributed by atoms with Crippen LogP contribution in [0.25, 0.3) is 10.9 Å². The summed E-state index contributed by atoms with van der Waals surface area (Å²) in [7, 11) is 2.98. The summed E-state index contributed by atoms with van der Waals surface area (Å²) >= 11 is 0. The van der Waals surface area contributed by atoms with Crippen molar-refractivity contribution in [2.75, 3.05) is 20.8 Å². The number of benzene rings is 2. The van der Waals surface area contributed by atoms with Crippen LogP contribution >= 0.6 is 0 Å². The molecule has 0 saturated carbocycles. The van der Waals surface area contributed by atoms with Gasteiger partial charge in [0.1, 0.15) is 11.5 Å². The second-order valence-corrected chi connectivity index (χ2v) is 6.47.